The second-order valence-electron chi connectivity index (χ2n) is 8.19. The molecule has 0 atom stereocenters. The number of methoxy groups -OCH3 is 1. The van der Waals surface area contributed by atoms with Crippen molar-refractivity contribution in [1.82, 2.24) is 14.9 Å². The molecule has 0 spiro atoms. The van der Waals surface area contributed by atoms with Gasteiger partial charge in [-0.25, -0.2) is 4.98 Å². The van der Waals surface area contributed by atoms with Gasteiger partial charge >= 0.3 is 18.1 Å². The third-order valence-corrected chi connectivity index (χ3v) is 6.00. The molecule has 1 aliphatic heterocycles. The molecule has 0 aliphatic carbocycles. The quantitative estimate of drug-likeness (QED) is 0.562. The summed E-state index contributed by atoms with van der Waals surface area (Å²) < 4.78 is 43.1. The molecule has 9 heteroatoms. The van der Waals surface area contributed by atoms with E-state index in [0.29, 0.717) is 31.5 Å². The van der Waals surface area contributed by atoms with Gasteiger partial charge in [0.25, 0.3) is 0 Å². The van der Waals surface area contributed by atoms with Gasteiger partial charge in [0.2, 0.25) is 0 Å². The van der Waals surface area contributed by atoms with Gasteiger partial charge < -0.3 is 14.6 Å². The number of aryl methyl sites for hydroxylation is 1. The van der Waals surface area contributed by atoms with E-state index < -0.39 is 12.1 Å². The number of aromatic amines is 1. The number of hydrogen-bond donors (Lipinski definition) is 1. The van der Waals surface area contributed by atoms with Crippen LogP contribution >= 0.6 is 0 Å². The number of H-pyrrole nitrogens is 1. The van der Waals surface area contributed by atoms with Crippen LogP contribution in [-0.2, 0) is 33.6 Å². The molecule has 2 aromatic carbocycles. The van der Waals surface area contributed by atoms with Gasteiger partial charge in [-0.1, -0.05) is 36.4 Å². The predicted molar refractivity (Wildman–Crippen MR) is 120 cm³/mol. The summed E-state index contributed by atoms with van der Waals surface area (Å²) in [6.07, 6.45) is -1.47. The van der Waals surface area contributed by atoms with Gasteiger partial charge in [0.1, 0.15) is 5.82 Å². The van der Waals surface area contributed by atoms with Gasteiger partial charge in [-0.3, -0.25) is 9.59 Å². The fourth-order valence-corrected chi connectivity index (χ4v) is 4.07. The SMILES string of the molecule is COC(=O)CCc1ccc(-c2ncc(-c3ccc4c(c3)CCN(C(=O)C(F)(F)F)CC4)[nH]2)cc1. The lowest BCUT2D eigenvalue weighted by molar-refractivity contribution is -0.185. The molecule has 0 bridgehead atoms. The summed E-state index contributed by atoms with van der Waals surface area (Å²) >= 11 is 0. The fourth-order valence-electron chi connectivity index (χ4n) is 4.07. The number of nitrogens with one attached hydrogen (secondary N) is 1. The van der Waals surface area contributed by atoms with Crippen LogP contribution in [0, 0.1) is 0 Å². The Hall–Kier alpha value is -3.62. The average Bonchev–Trinajstić information content (AvgIpc) is 3.23. The van der Waals surface area contributed by atoms with Crippen molar-refractivity contribution in [2.45, 2.75) is 31.9 Å². The third kappa shape index (κ3) is 5.30. The minimum Gasteiger partial charge on any atom is -0.469 e. The van der Waals surface area contributed by atoms with E-state index in [9.17, 15) is 22.8 Å². The van der Waals surface area contributed by atoms with E-state index in [1.54, 1.807) is 6.20 Å². The monoisotopic (exact) mass is 471 g/mol. The molecule has 6 nitrogen and oxygen atoms in total. The van der Waals surface area contributed by atoms with Crippen LogP contribution in [0.1, 0.15) is 23.1 Å². The molecule has 34 heavy (non-hydrogen) atoms. The van der Waals surface area contributed by atoms with Crippen molar-refractivity contribution >= 4 is 11.9 Å². The van der Waals surface area contributed by atoms with Crippen LogP contribution in [0.15, 0.2) is 48.7 Å². The number of aromatic nitrogens is 2. The van der Waals surface area contributed by atoms with Gasteiger partial charge in [-0.15, -0.1) is 0 Å². The molecule has 1 aliphatic rings. The third-order valence-electron chi connectivity index (χ3n) is 6.00. The zero-order valence-electron chi connectivity index (χ0n) is 18.6. The number of benzene rings is 2. The molecular formula is C25H24F3N3O3. The molecule has 3 aromatic rings. The van der Waals surface area contributed by atoms with Crippen LogP contribution < -0.4 is 0 Å². The molecular weight excluding hydrogens is 447 g/mol. The summed E-state index contributed by atoms with van der Waals surface area (Å²) in [6.45, 7) is 0.0832. The van der Waals surface area contributed by atoms with Gasteiger partial charge in [-0.05, 0) is 47.6 Å². The highest BCUT2D eigenvalue weighted by Gasteiger charge is 2.42. The van der Waals surface area contributed by atoms with Crippen molar-refractivity contribution in [3.05, 3.63) is 65.4 Å². The van der Waals surface area contributed by atoms with Crippen LogP contribution in [0.3, 0.4) is 0 Å². The maximum absolute atomic E-state index is 12.8. The Labute approximate surface area is 194 Å². The minimum atomic E-state index is -4.85. The second kappa shape index (κ2) is 9.70. The van der Waals surface area contributed by atoms with Crippen molar-refractivity contribution in [1.29, 1.82) is 0 Å². The number of amides is 1. The Bertz CT molecular complexity index is 1190. The molecule has 4 rings (SSSR count). The molecule has 1 amide bonds. The highest BCUT2D eigenvalue weighted by molar-refractivity contribution is 5.82. The zero-order chi connectivity index (χ0) is 24.3. The summed E-state index contributed by atoms with van der Waals surface area (Å²) in [4.78, 5) is 31.6. The number of nitrogens with zero attached hydrogens (tertiary/aromatic N) is 2. The Morgan fingerprint density at radius 2 is 1.71 bits per heavy atom. The van der Waals surface area contributed by atoms with Crippen LogP contribution in [-0.4, -0.2) is 53.1 Å². The van der Waals surface area contributed by atoms with Crippen molar-refractivity contribution in [2.24, 2.45) is 0 Å². The second-order valence-corrected chi connectivity index (χ2v) is 8.19. The van der Waals surface area contributed by atoms with Crippen LogP contribution in [0.25, 0.3) is 22.6 Å². The van der Waals surface area contributed by atoms with Crippen LogP contribution in [0.2, 0.25) is 0 Å². The Morgan fingerprint density at radius 3 is 2.38 bits per heavy atom. The normalized spacial score (nSPS) is 13.8. The summed E-state index contributed by atoms with van der Waals surface area (Å²) in [6, 6.07) is 13.5. The number of esters is 1. The van der Waals surface area contributed by atoms with E-state index in [4.69, 9.17) is 0 Å². The van der Waals surface area contributed by atoms with Crippen molar-refractivity contribution < 1.29 is 27.5 Å². The number of alkyl halides is 3. The van der Waals surface area contributed by atoms with Crippen molar-refractivity contribution in [3.63, 3.8) is 0 Å². The summed E-state index contributed by atoms with van der Waals surface area (Å²) in [7, 11) is 1.37. The highest BCUT2D eigenvalue weighted by atomic mass is 19.4. The van der Waals surface area contributed by atoms with E-state index in [1.807, 2.05) is 42.5 Å². The molecule has 178 valence electrons. The lowest BCUT2D eigenvalue weighted by Gasteiger charge is -2.21. The first-order valence-electron chi connectivity index (χ1n) is 10.9. The Balaban J connectivity index is 1.46. The summed E-state index contributed by atoms with van der Waals surface area (Å²) in [5.41, 5.74) is 5.46. The molecule has 0 saturated carbocycles. The maximum atomic E-state index is 12.8. The summed E-state index contributed by atoms with van der Waals surface area (Å²) in [5, 5.41) is 0. The molecule has 0 radical (unpaired) electrons. The number of imidazole rings is 1. The number of halogens is 3. The lowest BCUT2D eigenvalue weighted by atomic mass is 9.99. The number of ether oxygens (including phenoxy) is 1. The number of carbonyl (C=O) groups excluding carboxylic acids is 2. The number of carbonyl (C=O) groups is 2. The summed E-state index contributed by atoms with van der Waals surface area (Å²) in [5.74, 6) is -1.35. The predicted octanol–water partition coefficient (Wildman–Crippen LogP) is 4.34. The van der Waals surface area contributed by atoms with E-state index in [-0.39, 0.29) is 19.1 Å². The molecule has 0 fully saturated rings. The molecule has 1 aromatic heterocycles. The topological polar surface area (TPSA) is 75.3 Å². The number of fused-ring (bicyclic) bond motifs is 1. The molecule has 2 heterocycles. The first-order chi connectivity index (χ1) is 16.2. The minimum absolute atomic E-state index is 0.0331. The van der Waals surface area contributed by atoms with E-state index >= 15 is 0 Å². The molecule has 0 unspecified atom stereocenters. The Morgan fingerprint density at radius 1 is 1.03 bits per heavy atom. The van der Waals surface area contributed by atoms with Gasteiger partial charge in [-0.2, -0.15) is 13.2 Å². The van der Waals surface area contributed by atoms with Gasteiger partial charge in [0, 0.05) is 25.1 Å². The fraction of sp³-hybridized carbons (Fsp3) is 0.320. The zero-order valence-corrected chi connectivity index (χ0v) is 18.6. The van der Waals surface area contributed by atoms with Gasteiger partial charge in [0.15, 0.2) is 0 Å². The van der Waals surface area contributed by atoms with Crippen LogP contribution in [0.5, 0.6) is 0 Å². The number of hydrogen-bond acceptors (Lipinski definition) is 4. The largest absolute Gasteiger partial charge is 0.471 e. The number of rotatable bonds is 5. The van der Waals surface area contributed by atoms with Gasteiger partial charge in [0.05, 0.1) is 19.0 Å². The standard InChI is InChI=1S/C25H24F3N3O3/c1-34-22(32)9-4-16-2-5-18(6-3-16)23-29-15-21(30-23)20-8-7-17-10-12-31(13-11-19(17)14-20)24(33)25(26,27)28/h2-3,5-8,14-15H,4,9-13H2,1H3,(H,29,30). The Kier molecular flexibility index (Phi) is 6.72. The van der Waals surface area contributed by atoms with Crippen LogP contribution in [0.4, 0.5) is 13.2 Å². The molecule has 0 saturated heterocycles. The molecule has 1 N–H and O–H groups in total. The average molecular weight is 471 g/mol. The van der Waals surface area contributed by atoms with E-state index in [2.05, 4.69) is 14.7 Å². The maximum Gasteiger partial charge on any atom is 0.471 e. The highest BCUT2D eigenvalue weighted by Crippen LogP contribution is 2.27. The first kappa shape index (κ1) is 23.5. The van der Waals surface area contributed by atoms with Crippen molar-refractivity contribution in [2.75, 3.05) is 20.2 Å². The lowest BCUT2D eigenvalue weighted by Crippen LogP contribution is -2.42. The first-order valence-corrected chi connectivity index (χ1v) is 10.9. The van der Waals surface area contributed by atoms with Crippen molar-refractivity contribution in [3.8, 4) is 22.6 Å². The van der Waals surface area contributed by atoms with E-state index in [1.165, 1.54) is 7.11 Å². The van der Waals surface area contributed by atoms with E-state index in [0.717, 1.165) is 38.4 Å². The smallest absolute Gasteiger partial charge is 0.469 e.